The third kappa shape index (κ3) is 1.08. The normalized spacial score (nSPS) is 13.5. The minimum absolute atomic E-state index is 0.0879. The fourth-order valence-electron chi connectivity index (χ4n) is 1.22. The second-order valence-corrected chi connectivity index (χ2v) is 2.97. The van der Waals surface area contributed by atoms with Crippen LogP contribution in [0, 0.1) is 0 Å². The van der Waals surface area contributed by atoms with Gasteiger partial charge < -0.3 is 10.1 Å². The highest BCUT2D eigenvalue weighted by molar-refractivity contribution is 5.47. The summed E-state index contributed by atoms with van der Waals surface area (Å²) in [6, 6.07) is 4.15. The fraction of sp³-hybridized carbons (Fsp3) is 0.222. The average molecular weight is 161 g/mol. The molecule has 2 rings (SSSR count). The van der Waals surface area contributed by atoms with Gasteiger partial charge in [-0.25, -0.2) is 4.98 Å². The van der Waals surface area contributed by atoms with Gasteiger partial charge in [-0.1, -0.05) is 0 Å². The summed E-state index contributed by atoms with van der Waals surface area (Å²) < 4.78 is 1.96. The van der Waals surface area contributed by atoms with E-state index in [0.29, 0.717) is 0 Å². The van der Waals surface area contributed by atoms with E-state index in [2.05, 4.69) is 11.1 Å². The first kappa shape index (κ1) is 7.31. The summed E-state index contributed by atoms with van der Waals surface area (Å²) in [6.07, 6.45) is 5.58. The Labute approximate surface area is 70.8 Å². The highest BCUT2D eigenvalue weighted by Crippen LogP contribution is 2.11. The van der Waals surface area contributed by atoms with E-state index in [1.165, 1.54) is 0 Å². The molecule has 0 radical (unpaired) electrons. The van der Waals surface area contributed by atoms with E-state index in [4.69, 9.17) is 5.73 Å². The SMILES string of the molecule is CC(N)c1ccn2cncc2c1. The number of nitrogens with two attached hydrogens (primary N) is 1. The second kappa shape index (κ2) is 2.60. The van der Waals surface area contributed by atoms with Crippen LogP contribution in [-0.2, 0) is 0 Å². The van der Waals surface area contributed by atoms with Crippen molar-refractivity contribution in [1.29, 1.82) is 0 Å². The summed E-state index contributed by atoms with van der Waals surface area (Å²) in [6.45, 7) is 1.97. The molecule has 3 heteroatoms. The summed E-state index contributed by atoms with van der Waals surface area (Å²) in [7, 11) is 0. The first-order valence-corrected chi connectivity index (χ1v) is 3.94. The van der Waals surface area contributed by atoms with Gasteiger partial charge in [0, 0.05) is 12.2 Å². The van der Waals surface area contributed by atoms with Crippen molar-refractivity contribution in [3.63, 3.8) is 0 Å². The summed E-state index contributed by atoms with van der Waals surface area (Å²) in [5.74, 6) is 0. The van der Waals surface area contributed by atoms with Crippen LogP contribution in [0.4, 0.5) is 0 Å². The van der Waals surface area contributed by atoms with E-state index in [-0.39, 0.29) is 6.04 Å². The molecule has 0 saturated heterocycles. The number of hydrogen-bond donors (Lipinski definition) is 1. The van der Waals surface area contributed by atoms with Crippen molar-refractivity contribution in [3.05, 3.63) is 36.4 Å². The lowest BCUT2D eigenvalue weighted by molar-refractivity contribution is 0.816. The molecule has 2 N–H and O–H groups in total. The van der Waals surface area contributed by atoms with Crippen LogP contribution < -0.4 is 5.73 Å². The quantitative estimate of drug-likeness (QED) is 0.686. The number of nitrogens with zero attached hydrogens (tertiary/aromatic N) is 2. The van der Waals surface area contributed by atoms with Gasteiger partial charge in [-0.3, -0.25) is 0 Å². The molecular weight excluding hydrogens is 150 g/mol. The zero-order valence-corrected chi connectivity index (χ0v) is 6.94. The monoisotopic (exact) mass is 161 g/mol. The maximum Gasteiger partial charge on any atom is 0.0991 e. The summed E-state index contributed by atoms with van der Waals surface area (Å²) in [4.78, 5) is 4.02. The third-order valence-corrected chi connectivity index (χ3v) is 1.96. The Hall–Kier alpha value is -1.35. The molecule has 0 aromatic carbocycles. The van der Waals surface area contributed by atoms with E-state index in [0.717, 1.165) is 11.1 Å². The van der Waals surface area contributed by atoms with Crippen LogP contribution in [0.5, 0.6) is 0 Å². The van der Waals surface area contributed by atoms with Crippen LogP contribution in [0.1, 0.15) is 18.5 Å². The number of fused-ring (bicyclic) bond motifs is 1. The van der Waals surface area contributed by atoms with Crippen molar-refractivity contribution < 1.29 is 0 Å². The Balaban J connectivity index is 2.60. The molecule has 0 amide bonds. The molecule has 0 fully saturated rings. The van der Waals surface area contributed by atoms with E-state index >= 15 is 0 Å². The molecule has 2 aromatic rings. The molecule has 3 nitrogen and oxygen atoms in total. The van der Waals surface area contributed by atoms with Gasteiger partial charge in [0.2, 0.25) is 0 Å². The molecule has 0 bridgehead atoms. The Bertz CT molecular complexity index is 389. The Morgan fingerprint density at radius 3 is 3.17 bits per heavy atom. The van der Waals surface area contributed by atoms with Crippen LogP contribution in [0.15, 0.2) is 30.9 Å². The van der Waals surface area contributed by atoms with Crippen LogP contribution in [0.3, 0.4) is 0 Å². The van der Waals surface area contributed by atoms with E-state index < -0.39 is 0 Å². The van der Waals surface area contributed by atoms with Crippen molar-refractivity contribution in [2.75, 3.05) is 0 Å². The van der Waals surface area contributed by atoms with E-state index in [1.54, 1.807) is 6.33 Å². The van der Waals surface area contributed by atoms with Crippen LogP contribution in [-0.4, -0.2) is 9.38 Å². The molecular formula is C9H11N3. The van der Waals surface area contributed by atoms with E-state index in [9.17, 15) is 0 Å². The molecule has 0 aliphatic rings. The van der Waals surface area contributed by atoms with Crippen molar-refractivity contribution in [3.8, 4) is 0 Å². The van der Waals surface area contributed by atoms with Crippen molar-refractivity contribution in [1.82, 2.24) is 9.38 Å². The average Bonchev–Trinajstić information content (AvgIpc) is 2.49. The third-order valence-electron chi connectivity index (χ3n) is 1.96. The molecule has 0 aliphatic heterocycles. The first-order chi connectivity index (χ1) is 5.77. The van der Waals surface area contributed by atoms with Crippen molar-refractivity contribution in [2.24, 2.45) is 5.73 Å². The fourth-order valence-corrected chi connectivity index (χ4v) is 1.22. The minimum atomic E-state index is 0.0879. The number of rotatable bonds is 1. The van der Waals surface area contributed by atoms with Gasteiger partial charge in [0.15, 0.2) is 0 Å². The zero-order valence-electron chi connectivity index (χ0n) is 6.94. The van der Waals surface area contributed by atoms with Gasteiger partial charge in [0.1, 0.15) is 0 Å². The van der Waals surface area contributed by atoms with E-state index in [1.807, 2.05) is 29.8 Å². The van der Waals surface area contributed by atoms with Gasteiger partial charge in [-0.15, -0.1) is 0 Å². The zero-order chi connectivity index (χ0) is 8.55. The van der Waals surface area contributed by atoms with Gasteiger partial charge in [-0.05, 0) is 24.6 Å². The summed E-state index contributed by atoms with van der Waals surface area (Å²) >= 11 is 0. The highest BCUT2D eigenvalue weighted by atomic mass is 15.0. The number of pyridine rings is 1. The molecule has 0 spiro atoms. The van der Waals surface area contributed by atoms with Gasteiger partial charge in [0.25, 0.3) is 0 Å². The lowest BCUT2D eigenvalue weighted by Gasteiger charge is -2.04. The van der Waals surface area contributed by atoms with Gasteiger partial charge >= 0.3 is 0 Å². The maximum absolute atomic E-state index is 5.74. The lowest BCUT2D eigenvalue weighted by atomic mass is 10.1. The lowest BCUT2D eigenvalue weighted by Crippen LogP contribution is -2.04. The first-order valence-electron chi connectivity index (χ1n) is 3.94. The minimum Gasteiger partial charge on any atom is -0.324 e. The van der Waals surface area contributed by atoms with Crippen LogP contribution in [0.2, 0.25) is 0 Å². The topological polar surface area (TPSA) is 43.3 Å². The van der Waals surface area contributed by atoms with Crippen molar-refractivity contribution >= 4 is 5.52 Å². The molecule has 2 aromatic heterocycles. The number of imidazole rings is 1. The molecule has 0 saturated carbocycles. The predicted molar refractivity (Wildman–Crippen MR) is 47.8 cm³/mol. The molecule has 62 valence electrons. The Morgan fingerprint density at radius 2 is 2.42 bits per heavy atom. The standard InChI is InChI=1S/C9H11N3/c1-7(10)8-2-3-12-6-11-5-9(12)4-8/h2-7H,10H2,1H3. The number of aromatic nitrogens is 2. The molecule has 1 unspecified atom stereocenters. The summed E-state index contributed by atoms with van der Waals surface area (Å²) in [5.41, 5.74) is 7.97. The maximum atomic E-state index is 5.74. The molecule has 2 heterocycles. The predicted octanol–water partition coefficient (Wildman–Crippen LogP) is 1.35. The van der Waals surface area contributed by atoms with Gasteiger partial charge in [0.05, 0.1) is 18.0 Å². The molecule has 12 heavy (non-hydrogen) atoms. The molecule has 0 aliphatic carbocycles. The summed E-state index contributed by atoms with van der Waals surface area (Å²) in [5, 5.41) is 0. The highest BCUT2D eigenvalue weighted by Gasteiger charge is 1.99. The Kier molecular flexibility index (Phi) is 1.59. The largest absolute Gasteiger partial charge is 0.324 e. The number of hydrogen-bond acceptors (Lipinski definition) is 2. The van der Waals surface area contributed by atoms with Gasteiger partial charge in [-0.2, -0.15) is 0 Å². The Morgan fingerprint density at radius 1 is 1.58 bits per heavy atom. The second-order valence-electron chi connectivity index (χ2n) is 2.97. The van der Waals surface area contributed by atoms with Crippen LogP contribution >= 0.6 is 0 Å². The smallest absolute Gasteiger partial charge is 0.0991 e. The molecule has 1 atom stereocenters. The van der Waals surface area contributed by atoms with Crippen molar-refractivity contribution in [2.45, 2.75) is 13.0 Å². The van der Waals surface area contributed by atoms with Crippen LogP contribution in [0.25, 0.3) is 5.52 Å².